The van der Waals surface area contributed by atoms with Crippen LogP contribution in [0.15, 0.2) is 24.5 Å². The molecular weight excluding hydrogens is 279 g/mol. The summed E-state index contributed by atoms with van der Waals surface area (Å²) in [5, 5.41) is 25.3. The molecule has 0 unspecified atom stereocenters. The van der Waals surface area contributed by atoms with Gasteiger partial charge in [-0.1, -0.05) is 0 Å². The first kappa shape index (κ1) is 14.1. The van der Waals surface area contributed by atoms with Crippen LogP contribution in [0.1, 0.15) is 5.56 Å². The summed E-state index contributed by atoms with van der Waals surface area (Å²) in [7, 11) is 1.48. The van der Waals surface area contributed by atoms with Crippen LogP contribution in [0.5, 0.6) is 0 Å². The van der Waals surface area contributed by atoms with Gasteiger partial charge in [0.15, 0.2) is 0 Å². The van der Waals surface area contributed by atoms with E-state index in [-0.39, 0.29) is 28.6 Å². The maximum atomic E-state index is 13.1. The van der Waals surface area contributed by atoms with E-state index in [0.29, 0.717) is 0 Å². The SMILES string of the molecule is CNc1ncnc(Nc2ccc(F)cc2C#N)c1[N+](=O)[O-]. The highest BCUT2D eigenvalue weighted by atomic mass is 19.1. The fraction of sp³-hybridized carbons (Fsp3) is 0.0833. The number of nitrogens with zero attached hydrogens (tertiary/aromatic N) is 4. The molecule has 2 aromatic rings. The fourth-order valence-electron chi connectivity index (χ4n) is 1.67. The molecule has 21 heavy (non-hydrogen) atoms. The molecule has 1 aromatic heterocycles. The van der Waals surface area contributed by atoms with E-state index in [2.05, 4.69) is 20.6 Å². The number of halogens is 1. The second kappa shape index (κ2) is 5.79. The molecule has 1 aromatic carbocycles. The highest BCUT2D eigenvalue weighted by molar-refractivity contribution is 5.75. The van der Waals surface area contributed by atoms with Crippen molar-refractivity contribution >= 4 is 23.0 Å². The molecule has 0 bridgehead atoms. The van der Waals surface area contributed by atoms with Gasteiger partial charge in [-0.15, -0.1) is 0 Å². The molecule has 1 heterocycles. The number of nitrogens with one attached hydrogen (secondary N) is 2. The second-order valence-electron chi connectivity index (χ2n) is 3.85. The number of rotatable bonds is 4. The molecule has 9 heteroatoms. The van der Waals surface area contributed by atoms with Crippen molar-refractivity contribution in [3.63, 3.8) is 0 Å². The van der Waals surface area contributed by atoms with Gasteiger partial charge in [0.2, 0.25) is 11.6 Å². The lowest BCUT2D eigenvalue weighted by atomic mass is 10.2. The first-order chi connectivity index (χ1) is 10.1. The van der Waals surface area contributed by atoms with Gasteiger partial charge in [0.25, 0.3) is 0 Å². The molecule has 0 atom stereocenters. The molecule has 0 saturated heterocycles. The zero-order valence-electron chi connectivity index (χ0n) is 10.8. The van der Waals surface area contributed by atoms with Crippen LogP contribution in [-0.4, -0.2) is 21.9 Å². The zero-order valence-corrected chi connectivity index (χ0v) is 10.8. The van der Waals surface area contributed by atoms with Gasteiger partial charge in [-0.3, -0.25) is 10.1 Å². The van der Waals surface area contributed by atoms with Gasteiger partial charge in [0, 0.05) is 7.05 Å². The quantitative estimate of drug-likeness (QED) is 0.654. The third kappa shape index (κ3) is 2.84. The molecule has 8 nitrogen and oxygen atoms in total. The maximum Gasteiger partial charge on any atom is 0.353 e. The Hall–Kier alpha value is -3.28. The van der Waals surface area contributed by atoms with Gasteiger partial charge in [-0.25, -0.2) is 14.4 Å². The Morgan fingerprint density at radius 2 is 2.10 bits per heavy atom. The largest absolute Gasteiger partial charge is 0.367 e. The van der Waals surface area contributed by atoms with Crippen molar-refractivity contribution in [2.24, 2.45) is 0 Å². The van der Waals surface area contributed by atoms with Crippen LogP contribution in [-0.2, 0) is 0 Å². The Kier molecular flexibility index (Phi) is 3.90. The molecular formula is C12H9FN6O2. The second-order valence-corrected chi connectivity index (χ2v) is 3.85. The summed E-state index contributed by atoms with van der Waals surface area (Å²) in [6.45, 7) is 0. The van der Waals surface area contributed by atoms with E-state index in [4.69, 9.17) is 5.26 Å². The number of benzene rings is 1. The van der Waals surface area contributed by atoms with Gasteiger partial charge in [-0.2, -0.15) is 5.26 Å². The van der Waals surface area contributed by atoms with Crippen LogP contribution in [0.25, 0.3) is 0 Å². The first-order valence-corrected chi connectivity index (χ1v) is 5.70. The average Bonchev–Trinajstić information content (AvgIpc) is 2.48. The summed E-state index contributed by atoms with van der Waals surface area (Å²) >= 11 is 0. The highest BCUT2D eigenvalue weighted by Crippen LogP contribution is 2.31. The lowest BCUT2D eigenvalue weighted by Crippen LogP contribution is -2.06. The van der Waals surface area contributed by atoms with Crippen molar-refractivity contribution in [3.05, 3.63) is 46.0 Å². The minimum atomic E-state index is -0.649. The predicted octanol–water partition coefficient (Wildman–Crippen LogP) is 2.18. The molecule has 2 N–H and O–H groups in total. The molecule has 0 radical (unpaired) electrons. The van der Waals surface area contributed by atoms with Gasteiger partial charge < -0.3 is 10.6 Å². The van der Waals surface area contributed by atoms with Gasteiger partial charge in [-0.05, 0) is 18.2 Å². The van der Waals surface area contributed by atoms with Gasteiger partial charge in [0.1, 0.15) is 18.2 Å². The summed E-state index contributed by atoms with van der Waals surface area (Å²) in [4.78, 5) is 18.0. The summed E-state index contributed by atoms with van der Waals surface area (Å²) < 4.78 is 13.1. The van der Waals surface area contributed by atoms with Crippen molar-refractivity contribution in [3.8, 4) is 6.07 Å². The number of nitro groups is 1. The maximum absolute atomic E-state index is 13.1. The Morgan fingerprint density at radius 1 is 1.38 bits per heavy atom. The normalized spacial score (nSPS) is 9.76. The predicted molar refractivity (Wildman–Crippen MR) is 72.6 cm³/mol. The van der Waals surface area contributed by atoms with Gasteiger partial charge >= 0.3 is 5.69 Å². The standard InChI is InChI=1S/C12H9FN6O2/c1-15-11-10(19(20)21)12(17-6-16-11)18-9-3-2-8(13)4-7(9)5-14/h2-4,6H,1H3,(H2,15,16,17,18). The van der Waals surface area contributed by atoms with Gasteiger partial charge in [0.05, 0.1) is 16.2 Å². The average molecular weight is 288 g/mol. The van der Waals surface area contributed by atoms with Crippen molar-refractivity contribution in [1.82, 2.24) is 9.97 Å². The molecule has 106 valence electrons. The van der Waals surface area contributed by atoms with E-state index in [9.17, 15) is 14.5 Å². The van der Waals surface area contributed by atoms with Crippen molar-refractivity contribution in [2.75, 3.05) is 17.7 Å². The van der Waals surface area contributed by atoms with Crippen molar-refractivity contribution < 1.29 is 9.31 Å². The smallest absolute Gasteiger partial charge is 0.353 e. The first-order valence-electron chi connectivity index (χ1n) is 5.70. The van der Waals surface area contributed by atoms with E-state index >= 15 is 0 Å². The highest BCUT2D eigenvalue weighted by Gasteiger charge is 2.22. The number of hydrogen-bond acceptors (Lipinski definition) is 7. The van der Waals surface area contributed by atoms with E-state index in [0.717, 1.165) is 18.5 Å². The molecule has 2 rings (SSSR count). The topological polar surface area (TPSA) is 117 Å². The number of aromatic nitrogens is 2. The number of anilines is 3. The van der Waals surface area contributed by atoms with Crippen LogP contribution in [0, 0.1) is 27.3 Å². The summed E-state index contributed by atoms with van der Waals surface area (Å²) in [5.41, 5.74) is -0.148. The Balaban J connectivity index is 2.50. The van der Waals surface area contributed by atoms with E-state index in [1.807, 2.05) is 0 Å². The molecule has 0 amide bonds. The number of nitriles is 1. The Labute approximate surface area is 118 Å². The third-order valence-corrected chi connectivity index (χ3v) is 2.60. The monoisotopic (exact) mass is 288 g/mol. The summed E-state index contributed by atoms with van der Waals surface area (Å²) in [5.74, 6) is -0.647. The fourth-order valence-corrected chi connectivity index (χ4v) is 1.67. The molecule has 0 fully saturated rings. The minimum absolute atomic E-state index is 0.00826. The van der Waals surface area contributed by atoms with E-state index in [1.54, 1.807) is 6.07 Å². The molecule has 0 aliphatic heterocycles. The molecule has 0 saturated carbocycles. The lowest BCUT2D eigenvalue weighted by molar-refractivity contribution is -0.383. The van der Waals surface area contributed by atoms with Crippen molar-refractivity contribution in [1.29, 1.82) is 5.26 Å². The molecule has 0 aliphatic carbocycles. The lowest BCUT2D eigenvalue weighted by Gasteiger charge is -2.09. The Bertz CT molecular complexity index is 743. The Morgan fingerprint density at radius 3 is 2.71 bits per heavy atom. The minimum Gasteiger partial charge on any atom is -0.367 e. The van der Waals surface area contributed by atoms with Crippen LogP contribution in [0.4, 0.5) is 27.4 Å². The van der Waals surface area contributed by atoms with Crippen molar-refractivity contribution in [2.45, 2.75) is 0 Å². The van der Waals surface area contributed by atoms with Crippen LogP contribution < -0.4 is 10.6 Å². The van der Waals surface area contributed by atoms with Crippen LogP contribution in [0.3, 0.4) is 0 Å². The zero-order chi connectivity index (χ0) is 15.4. The van der Waals surface area contributed by atoms with Crippen LogP contribution >= 0.6 is 0 Å². The molecule has 0 spiro atoms. The third-order valence-electron chi connectivity index (χ3n) is 2.60. The van der Waals surface area contributed by atoms with Crippen LogP contribution in [0.2, 0.25) is 0 Å². The van der Waals surface area contributed by atoms with E-state index < -0.39 is 10.7 Å². The van der Waals surface area contributed by atoms with E-state index in [1.165, 1.54) is 13.1 Å². The summed E-state index contributed by atoms with van der Waals surface area (Å²) in [6, 6.07) is 5.26. The number of hydrogen-bond donors (Lipinski definition) is 2. The molecule has 0 aliphatic rings. The summed E-state index contributed by atoms with van der Waals surface area (Å²) in [6.07, 6.45) is 1.14.